The van der Waals surface area contributed by atoms with Crippen molar-refractivity contribution in [2.75, 3.05) is 13.7 Å². The average molecular weight is 505 g/mol. The zero-order chi connectivity index (χ0) is 24.9. The molecule has 0 saturated heterocycles. The highest BCUT2D eigenvalue weighted by Gasteiger charge is 2.23. The zero-order valence-electron chi connectivity index (χ0n) is 19.1. The van der Waals surface area contributed by atoms with Crippen LogP contribution < -0.4 is 10.1 Å². The average Bonchev–Trinajstić information content (AvgIpc) is 2.80. The Morgan fingerprint density at radius 1 is 1.09 bits per heavy atom. The number of rotatable bonds is 9. The summed E-state index contributed by atoms with van der Waals surface area (Å²) in [5, 5.41) is 3.32. The standard InChI is InChI=1S/C25H26ClFN2O4S/c1-4-33-24-14-7-19(25(30)28-17(2)18-5-10-22(27)11-6-18)15-20(24)16-29(3)34(31,32)23-12-8-21(26)9-13-23/h5-15,17H,4,16H2,1-3H3,(H,28,30). The summed E-state index contributed by atoms with van der Waals surface area (Å²) in [5.41, 5.74) is 1.66. The van der Waals surface area contributed by atoms with Crippen molar-refractivity contribution in [2.45, 2.75) is 31.3 Å². The quantitative estimate of drug-likeness (QED) is 0.435. The Kier molecular flexibility index (Phi) is 8.30. The summed E-state index contributed by atoms with van der Waals surface area (Å²) < 4.78 is 46.0. The van der Waals surface area contributed by atoms with Gasteiger partial charge in [-0.05, 0) is 74.0 Å². The Morgan fingerprint density at radius 2 is 1.74 bits per heavy atom. The van der Waals surface area contributed by atoms with Crippen LogP contribution in [-0.4, -0.2) is 32.3 Å². The molecule has 0 bridgehead atoms. The van der Waals surface area contributed by atoms with Crippen LogP contribution in [0.1, 0.15) is 41.4 Å². The van der Waals surface area contributed by atoms with Crippen molar-refractivity contribution in [3.63, 3.8) is 0 Å². The number of benzene rings is 3. The van der Waals surface area contributed by atoms with Crippen LogP contribution in [0.4, 0.5) is 4.39 Å². The lowest BCUT2D eigenvalue weighted by molar-refractivity contribution is 0.0939. The van der Waals surface area contributed by atoms with Crippen LogP contribution in [0.15, 0.2) is 71.6 Å². The minimum Gasteiger partial charge on any atom is -0.494 e. The molecular weight excluding hydrogens is 479 g/mol. The molecule has 3 aromatic carbocycles. The molecule has 0 heterocycles. The van der Waals surface area contributed by atoms with Crippen LogP contribution in [0.5, 0.6) is 5.75 Å². The molecule has 0 radical (unpaired) electrons. The van der Waals surface area contributed by atoms with E-state index in [9.17, 15) is 17.6 Å². The third kappa shape index (κ3) is 6.14. The molecule has 1 amide bonds. The second-order valence-corrected chi connectivity index (χ2v) is 10.2. The number of nitrogens with zero attached hydrogens (tertiary/aromatic N) is 1. The molecule has 3 aromatic rings. The third-order valence-electron chi connectivity index (χ3n) is 5.25. The summed E-state index contributed by atoms with van der Waals surface area (Å²) >= 11 is 5.88. The number of sulfonamides is 1. The van der Waals surface area contributed by atoms with Gasteiger partial charge in [-0.1, -0.05) is 23.7 Å². The second-order valence-electron chi connectivity index (χ2n) is 7.72. The number of halogens is 2. The van der Waals surface area contributed by atoms with Gasteiger partial charge in [-0.3, -0.25) is 4.79 Å². The van der Waals surface area contributed by atoms with E-state index < -0.39 is 10.0 Å². The highest BCUT2D eigenvalue weighted by molar-refractivity contribution is 7.89. The van der Waals surface area contributed by atoms with Crippen LogP contribution in [0, 0.1) is 5.82 Å². The smallest absolute Gasteiger partial charge is 0.251 e. The fourth-order valence-electron chi connectivity index (χ4n) is 3.37. The molecule has 3 rings (SSSR count). The minimum atomic E-state index is -3.79. The van der Waals surface area contributed by atoms with Gasteiger partial charge in [0, 0.05) is 29.7 Å². The number of ether oxygens (including phenoxy) is 1. The van der Waals surface area contributed by atoms with E-state index in [0.29, 0.717) is 28.5 Å². The Bertz CT molecular complexity index is 1250. The summed E-state index contributed by atoms with van der Waals surface area (Å²) in [7, 11) is -2.33. The van der Waals surface area contributed by atoms with Crippen molar-refractivity contribution >= 4 is 27.5 Å². The Labute approximate surface area is 204 Å². The maximum absolute atomic E-state index is 13.2. The fourth-order valence-corrected chi connectivity index (χ4v) is 4.64. The summed E-state index contributed by atoms with van der Waals surface area (Å²) in [6, 6.07) is 16.4. The molecular formula is C25H26ClFN2O4S. The first-order chi connectivity index (χ1) is 16.1. The van der Waals surface area contributed by atoms with Crippen molar-refractivity contribution in [3.05, 3.63) is 94.3 Å². The monoisotopic (exact) mass is 504 g/mol. The molecule has 34 heavy (non-hydrogen) atoms. The van der Waals surface area contributed by atoms with Gasteiger partial charge in [0.2, 0.25) is 10.0 Å². The van der Waals surface area contributed by atoms with E-state index in [2.05, 4.69) is 5.32 Å². The molecule has 0 aromatic heterocycles. The van der Waals surface area contributed by atoms with E-state index in [-0.39, 0.29) is 29.2 Å². The molecule has 0 fully saturated rings. The fraction of sp³-hybridized carbons (Fsp3) is 0.240. The van der Waals surface area contributed by atoms with Gasteiger partial charge in [0.15, 0.2) is 0 Å². The van der Waals surface area contributed by atoms with Crippen molar-refractivity contribution in [2.24, 2.45) is 0 Å². The van der Waals surface area contributed by atoms with Gasteiger partial charge in [0.05, 0.1) is 17.5 Å². The normalized spacial score (nSPS) is 12.4. The molecule has 0 saturated carbocycles. The first-order valence-electron chi connectivity index (χ1n) is 10.7. The Balaban J connectivity index is 1.83. The third-order valence-corrected chi connectivity index (χ3v) is 7.32. The zero-order valence-corrected chi connectivity index (χ0v) is 20.7. The molecule has 1 atom stereocenters. The van der Waals surface area contributed by atoms with E-state index in [0.717, 1.165) is 5.56 Å². The van der Waals surface area contributed by atoms with E-state index in [4.69, 9.17) is 16.3 Å². The minimum absolute atomic E-state index is 0.00503. The van der Waals surface area contributed by atoms with Crippen molar-refractivity contribution in [1.29, 1.82) is 0 Å². The van der Waals surface area contributed by atoms with Crippen LogP contribution in [0.3, 0.4) is 0 Å². The second kappa shape index (κ2) is 11.0. The van der Waals surface area contributed by atoms with Gasteiger partial charge in [-0.25, -0.2) is 12.8 Å². The summed E-state index contributed by atoms with van der Waals surface area (Å²) in [6.07, 6.45) is 0. The van der Waals surface area contributed by atoms with Crippen LogP contribution in [0.2, 0.25) is 5.02 Å². The topological polar surface area (TPSA) is 75.7 Å². The Morgan fingerprint density at radius 3 is 2.35 bits per heavy atom. The van der Waals surface area contributed by atoms with E-state index in [1.165, 1.54) is 47.8 Å². The summed E-state index contributed by atoms with van der Waals surface area (Å²) in [5.74, 6) is -0.204. The molecule has 0 aliphatic heterocycles. The number of nitrogens with one attached hydrogen (secondary N) is 1. The molecule has 6 nitrogen and oxygen atoms in total. The molecule has 1 N–H and O–H groups in total. The summed E-state index contributed by atoms with van der Waals surface area (Å²) in [4.78, 5) is 13.0. The first kappa shape index (κ1) is 25.7. The number of carbonyl (C=O) groups excluding carboxylic acids is 1. The number of amides is 1. The lowest BCUT2D eigenvalue weighted by Gasteiger charge is -2.20. The number of hydrogen-bond acceptors (Lipinski definition) is 4. The molecule has 180 valence electrons. The lowest BCUT2D eigenvalue weighted by atomic mass is 10.1. The largest absolute Gasteiger partial charge is 0.494 e. The highest BCUT2D eigenvalue weighted by Crippen LogP contribution is 2.26. The van der Waals surface area contributed by atoms with Crippen LogP contribution in [-0.2, 0) is 16.6 Å². The predicted molar refractivity (Wildman–Crippen MR) is 130 cm³/mol. The maximum atomic E-state index is 13.2. The van der Waals surface area contributed by atoms with Gasteiger partial charge < -0.3 is 10.1 Å². The van der Waals surface area contributed by atoms with Gasteiger partial charge in [0.1, 0.15) is 11.6 Å². The molecule has 0 aliphatic rings. The van der Waals surface area contributed by atoms with Gasteiger partial charge in [0.25, 0.3) is 5.91 Å². The van der Waals surface area contributed by atoms with Crippen molar-refractivity contribution in [1.82, 2.24) is 9.62 Å². The molecule has 9 heteroatoms. The van der Waals surface area contributed by atoms with E-state index >= 15 is 0 Å². The Hall–Kier alpha value is -2.94. The highest BCUT2D eigenvalue weighted by atomic mass is 35.5. The molecule has 0 aliphatic carbocycles. The molecule has 0 spiro atoms. The van der Waals surface area contributed by atoms with Crippen molar-refractivity contribution in [3.8, 4) is 5.75 Å². The van der Waals surface area contributed by atoms with Crippen molar-refractivity contribution < 1.29 is 22.3 Å². The predicted octanol–water partition coefficient (Wildman–Crippen LogP) is 5.19. The van der Waals surface area contributed by atoms with Gasteiger partial charge in [-0.15, -0.1) is 0 Å². The SMILES string of the molecule is CCOc1ccc(C(=O)NC(C)c2ccc(F)cc2)cc1CN(C)S(=O)(=O)c1ccc(Cl)cc1. The summed E-state index contributed by atoms with van der Waals surface area (Å²) in [6.45, 7) is 4.00. The van der Waals surface area contributed by atoms with E-state index in [1.807, 2.05) is 6.92 Å². The van der Waals surface area contributed by atoms with Gasteiger partial charge >= 0.3 is 0 Å². The maximum Gasteiger partial charge on any atom is 0.251 e. The lowest BCUT2D eigenvalue weighted by Crippen LogP contribution is -2.28. The van der Waals surface area contributed by atoms with E-state index in [1.54, 1.807) is 37.3 Å². The number of carbonyl (C=O) groups is 1. The van der Waals surface area contributed by atoms with Gasteiger partial charge in [-0.2, -0.15) is 4.31 Å². The number of hydrogen-bond donors (Lipinski definition) is 1. The first-order valence-corrected chi connectivity index (χ1v) is 12.5. The van der Waals surface area contributed by atoms with Crippen LogP contribution in [0.25, 0.3) is 0 Å². The molecule has 1 unspecified atom stereocenters. The van der Waals surface area contributed by atoms with Crippen LogP contribution >= 0.6 is 11.6 Å².